The van der Waals surface area contributed by atoms with Crippen molar-refractivity contribution < 1.29 is 23.8 Å². The van der Waals surface area contributed by atoms with Crippen molar-refractivity contribution in [2.45, 2.75) is 13.3 Å². The number of nitrogens with one attached hydrogen (secondary N) is 1. The summed E-state index contributed by atoms with van der Waals surface area (Å²) in [5, 5.41) is 3.35. The number of aromatic nitrogens is 2. The number of thiazole rings is 1. The SMILES string of the molecule is COc1cc(N2CC(C(=O)Nc3nc(C)c(-c4ccccn4)s3)CC2=O)cc(OC)c1OC. The molecule has 0 bridgehead atoms. The summed E-state index contributed by atoms with van der Waals surface area (Å²) in [6.07, 6.45) is 1.81. The van der Waals surface area contributed by atoms with Gasteiger partial charge in [0.2, 0.25) is 17.6 Å². The molecule has 1 unspecified atom stereocenters. The summed E-state index contributed by atoms with van der Waals surface area (Å²) in [5.41, 5.74) is 2.17. The summed E-state index contributed by atoms with van der Waals surface area (Å²) in [6.45, 7) is 2.11. The molecule has 4 rings (SSSR count). The molecule has 1 atom stereocenters. The van der Waals surface area contributed by atoms with E-state index in [1.54, 1.807) is 23.2 Å². The lowest BCUT2D eigenvalue weighted by Gasteiger charge is -2.20. The lowest BCUT2D eigenvalue weighted by atomic mass is 10.1. The Morgan fingerprint density at radius 3 is 2.48 bits per heavy atom. The minimum atomic E-state index is -0.515. The second-order valence-corrected chi connectivity index (χ2v) is 8.43. The van der Waals surface area contributed by atoms with Crippen LogP contribution >= 0.6 is 11.3 Å². The van der Waals surface area contributed by atoms with E-state index < -0.39 is 5.92 Å². The zero-order valence-electron chi connectivity index (χ0n) is 18.7. The number of amides is 2. The zero-order valence-corrected chi connectivity index (χ0v) is 19.6. The Hall–Kier alpha value is -3.66. The van der Waals surface area contributed by atoms with Crippen LogP contribution < -0.4 is 24.4 Å². The molecular weight excluding hydrogens is 444 g/mol. The highest BCUT2D eigenvalue weighted by atomic mass is 32.1. The van der Waals surface area contributed by atoms with Crippen LogP contribution in [0, 0.1) is 12.8 Å². The molecule has 2 aromatic heterocycles. The fraction of sp³-hybridized carbons (Fsp3) is 0.304. The number of benzene rings is 1. The first-order valence-electron chi connectivity index (χ1n) is 10.2. The topological polar surface area (TPSA) is 103 Å². The maximum absolute atomic E-state index is 12.9. The van der Waals surface area contributed by atoms with Gasteiger partial charge in [-0.05, 0) is 19.1 Å². The highest BCUT2D eigenvalue weighted by Gasteiger charge is 2.36. The van der Waals surface area contributed by atoms with Gasteiger partial charge >= 0.3 is 0 Å². The number of rotatable bonds is 7. The highest BCUT2D eigenvalue weighted by Crippen LogP contribution is 2.42. The molecule has 3 heterocycles. The zero-order chi connectivity index (χ0) is 23.5. The molecule has 3 aromatic rings. The Kier molecular flexibility index (Phi) is 6.45. The van der Waals surface area contributed by atoms with E-state index in [0.29, 0.717) is 28.1 Å². The standard InChI is InChI=1S/C23H24N4O5S/c1-13-21(16-7-5-6-8-24-16)33-23(25-13)26-22(29)14-9-19(28)27(12-14)15-10-17(30-2)20(32-4)18(11-15)31-3/h5-8,10-11,14H,9,12H2,1-4H3,(H,25,26,29). The molecule has 0 aliphatic carbocycles. The predicted molar refractivity (Wildman–Crippen MR) is 125 cm³/mol. The van der Waals surface area contributed by atoms with Crippen molar-refractivity contribution in [1.29, 1.82) is 0 Å². The van der Waals surface area contributed by atoms with Crippen molar-refractivity contribution in [2.75, 3.05) is 38.1 Å². The first-order valence-corrected chi connectivity index (χ1v) is 11.1. The first-order chi connectivity index (χ1) is 15.9. The van der Waals surface area contributed by atoms with E-state index in [1.165, 1.54) is 32.7 Å². The normalized spacial score (nSPS) is 15.5. The van der Waals surface area contributed by atoms with E-state index in [2.05, 4.69) is 15.3 Å². The van der Waals surface area contributed by atoms with Gasteiger partial charge in [0.25, 0.3) is 0 Å². The van der Waals surface area contributed by atoms with Gasteiger partial charge in [0, 0.05) is 31.3 Å². The molecule has 10 heteroatoms. The third kappa shape index (κ3) is 4.47. The Labute approximate surface area is 195 Å². The molecule has 1 aromatic carbocycles. The molecule has 1 N–H and O–H groups in total. The molecular formula is C23H24N4O5S. The van der Waals surface area contributed by atoms with Crippen LogP contribution in [0.3, 0.4) is 0 Å². The summed E-state index contributed by atoms with van der Waals surface area (Å²) >= 11 is 1.36. The maximum atomic E-state index is 12.9. The number of aryl methyl sites for hydroxylation is 1. The molecule has 1 fully saturated rings. The average Bonchev–Trinajstić information content (AvgIpc) is 3.40. The molecule has 1 saturated heterocycles. The van der Waals surface area contributed by atoms with Crippen molar-refractivity contribution in [3.8, 4) is 27.8 Å². The minimum Gasteiger partial charge on any atom is -0.493 e. The van der Waals surface area contributed by atoms with Crippen LogP contribution in [0.4, 0.5) is 10.8 Å². The summed E-state index contributed by atoms with van der Waals surface area (Å²) in [7, 11) is 4.54. The second-order valence-electron chi connectivity index (χ2n) is 7.43. The van der Waals surface area contributed by atoms with E-state index in [-0.39, 0.29) is 24.8 Å². The summed E-state index contributed by atoms with van der Waals surface area (Å²) in [5.74, 6) is 0.390. The molecule has 1 aliphatic heterocycles. The number of anilines is 2. The summed E-state index contributed by atoms with van der Waals surface area (Å²) in [6, 6.07) is 9.05. The predicted octanol–water partition coefficient (Wildman–Crippen LogP) is 3.53. The van der Waals surface area contributed by atoms with Gasteiger partial charge in [-0.1, -0.05) is 17.4 Å². The molecule has 2 amide bonds. The maximum Gasteiger partial charge on any atom is 0.231 e. The van der Waals surface area contributed by atoms with Crippen molar-refractivity contribution in [1.82, 2.24) is 9.97 Å². The van der Waals surface area contributed by atoms with Crippen LogP contribution in [0.1, 0.15) is 12.1 Å². The Morgan fingerprint density at radius 1 is 1.15 bits per heavy atom. The Morgan fingerprint density at radius 2 is 1.88 bits per heavy atom. The Balaban J connectivity index is 1.50. The summed E-state index contributed by atoms with van der Waals surface area (Å²) in [4.78, 5) is 36.9. The number of ether oxygens (including phenoxy) is 3. The number of carbonyl (C=O) groups excluding carboxylic acids is 2. The largest absolute Gasteiger partial charge is 0.493 e. The number of pyridine rings is 1. The molecule has 0 spiro atoms. The van der Waals surface area contributed by atoms with E-state index >= 15 is 0 Å². The van der Waals surface area contributed by atoms with Gasteiger partial charge in [-0.25, -0.2) is 4.98 Å². The molecule has 9 nitrogen and oxygen atoms in total. The van der Waals surface area contributed by atoms with Crippen molar-refractivity contribution in [3.63, 3.8) is 0 Å². The fourth-order valence-corrected chi connectivity index (χ4v) is 4.69. The van der Waals surface area contributed by atoms with Gasteiger partial charge in [0.05, 0.1) is 49.2 Å². The molecule has 0 radical (unpaired) electrons. The number of hydrogen-bond acceptors (Lipinski definition) is 8. The Bertz CT molecular complexity index is 1160. The molecule has 0 saturated carbocycles. The van der Waals surface area contributed by atoms with Gasteiger partial charge in [0.1, 0.15) is 0 Å². The van der Waals surface area contributed by atoms with Crippen LogP contribution in [-0.2, 0) is 9.59 Å². The third-order valence-electron chi connectivity index (χ3n) is 5.38. The van der Waals surface area contributed by atoms with Crippen molar-refractivity contribution in [2.24, 2.45) is 5.92 Å². The smallest absolute Gasteiger partial charge is 0.231 e. The lowest BCUT2D eigenvalue weighted by Crippen LogP contribution is -2.28. The van der Waals surface area contributed by atoms with Gasteiger partial charge in [-0.3, -0.25) is 14.6 Å². The number of nitrogens with zero attached hydrogens (tertiary/aromatic N) is 3. The van der Waals surface area contributed by atoms with E-state index in [0.717, 1.165) is 16.3 Å². The highest BCUT2D eigenvalue weighted by molar-refractivity contribution is 7.19. The van der Waals surface area contributed by atoms with E-state index in [4.69, 9.17) is 14.2 Å². The van der Waals surface area contributed by atoms with Crippen molar-refractivity contribution >= 4 is 34.0 Å². The van der Waals surface area contributed by atoms with Crippen molar-refractivity contribution in [3.05, 3.63) is 42.2 Å². The van der Waals surface area contributed by atoms with Crippen LogP contribution in [-0.4, -0.2) is 49.7 Å². The quantitative estimate of drug-likeness (QED) is 0.566. The van der Waals surface area contributed by atoms with E-state index in [9.17, 15) is 9.59 Å². The van der Waals surface area contributed by atoms with Gasteiger partial charge < -0.3 is 24.4 Å². The van der Waals surface area contributed by atoms with Gasteiger partial charge in [0.15, 0.2) is 16.6 Å². The molecule has 172 valence electrons. The first kappa shape index (κ1) is 22.5. The third-order valence-corrected chi connectivity index (χ3v) is 6.48. The monoisotopic (exact) mass is 468 g/mol. The van der Waals surface area contributed by atoms with Crippen LogP contribution in [0.25, 0.3) is 10.6 Å². The fourth-order valence-electron chi connectivity index (χ4n) is 3.75. The van der Waals surface area contributed by atoms with E-state index in [1.807, 2.05) is 25.1 Å². The van der Waals surface area contributed by atoms with Crippen LogP contribution in [0.2, 0.25) is 0 Å². The minimum absolute atomic E-state index is 0.0972. The number of methoxy groups -OCH3 is 3. The van der Waals surface area contributed by atoms with Gasteiger partial charge in [-0.2, -0.15) is 0 Å². The second kappa shape index (κ2) is 9.45. The average molecular weight is 469 g/mol. The lowest BCUT2D eigenvalue weighted by molar-refractivity contribution is -0.122. The number of carbonyl (C=O) groups is 2. The van der Waals surface area contributed by atoms with Gasteiger partial charge in [-0.15, -0.1) is 0 Å². The number of hydrogen-bond donors (Lipinski definition) is 1. The summed E-state index contributed by atoms with van der Waals surface area (Å²) < 4.78 is 16.1. The van der Waals surface area contributed by atoms with Crippen LogP contribution in [0.15, 0.2) is 36.5 Å². The molecule has 33 heavy (non-hydrogen) atoms. The van der Waals surface area contributed by atoms with Crippen LogP contribution in [0.5, 0.6) is 17.2 Å². The molecule has 1 aliphatic rings.